The summed E-state index contributed by atoms with van der Waals surface area (Å²) in [4.78, 5) is 53.2. The highest BCUT2D eigenvalue weighted by Crippen LogP contribution is 2.14. The normalized spacial score (nSPS) is 10.9. The molecule has 0 fully saturated rings. The Bertz CT molecular complexity index is 1420. The second kappa shape index (κ2) is 8.63. The van der Waals surface area contributed by atoms with E-state index in [1.54, 1.807) is 12.1 Å². The summed E-state index contributed by atoms with van der Waals surface area (Å²) in [7, 11) is 0. The lowest BCUT2D eigenvalue weighted by Crippen LogP contribution is -2.28. The number of hydrogen-bond donors (Lipinski definition) is 2. The predicted octanol–water partition coefficient (Wildman–Crippen LogP) is 0.668. The number of amides is 1. The van der Waals surface area contributed by atoms with E-state index < -0.39 is 4.92 Å². The molecule has 0 spiro atoms. The second-order valence-corrected chi connectivity index (χ2v) is 6.91. The van der Waals surface area contributed by atoms with Crippen LogP contribution in [0.3, 0.4) is 0 Å². The summed E-state index contributed by atoms with van der Waals surface area (Å²) in [6.07, 6.45) is 4.09. The molecule has 12 heteroatoms. The Kier molecular flexibility index (Phi) is 5.57. The minimum absolute atomic E-state index is 0.0543. The van der Waals surface area contributed by atoms with Gasteiger partial charge < -0.3 is 10.3 Å². The number of aromatic nitrogens is 5. The van der Waals surface area contributed by atoms with E-state index in [-0.39, 0.29) is 42.3 Å². The Labute approximate surface area is 179 Å². The number of nitrogens with zero attached hydrogens (tertiary/aromatic N) is 5. The maximum absolute atomic E-state index is 12.8. The fourth-order valence-electron chi connectivity index (χ4n) is 3.17. The van der Waals surface area contributed by atoms with Crippen LogP contribution in [0.2, 0.25) is 0 Å². The zero-order valence-corrected chi connectivity index (χ0v) is 16.6. The van der Waals surface area contributed by atoms with Crippen molar-refractivity contribution >= 4 is 22.6 Å². The molecule has 3 aromatic heterocycles. The van der Waals surface area contributed by atoms with E-state index in [0.29, 0.717) is 22.2 Å². The van der Waals surface area contributed by atoms with Gasteiger partial charge >= 0.3 is 0 Å². The van der Waals surface area contributed by atoms with Crippen LogP contribution in [0.5, 0.6) is 0 Å². The lowest BCUT2D eigenvalue weighted by Gasteiger charge is -2.07. The number of rotatable bonds is 7. The zero-order chi connectivity index (χ0) is 22.7. The average Bonchev–Trinajstić information content (AvgIpc) is 3.20. The third kappa shape index (κ3) is 4.28. The summed E-state index contributed by atoms with van der Waals surface area (Å²) < 4.78 is 2.85. The number of nitro groups is 1. The van der Waals surface area contributed by atoms with Crippen LogP contribution in [0, 0.1) is 10.1 Å². The van der Waals surface area contributed by atoms with Crippen molar-refractivity contribution in [1.29, 1.82) is 0 Å². The van der Waals surface area contributed by atoms with Crippen LogP contribution in [-0.4, -0.2) is 41.7 Å². The number of carbonyl (C=O) groups is 1. The molecule has 0 saturated carbocycles. The van der Waals surface area contributed by atoms with Crippen LogP contribution in [0.15, 0.2) is 64.7 Å². The number of benzene rings is 1. The standard InChI is InChI=1S/C20H17N7O5/c28-17-5-4-14(9-22-17)19(29)21-6-7-26-18-16(10-24-26)20(30)25(12-23-18)11-13-2-1-3-15(8-13)27(31)32/h1-5,8-10,12H,6-7,11H2,(H,21,29)(H,22,28). The number of pyridine rings is 1. The molecule has 1 amide bonds. The number of nitrogens with one attached hydrogen (secondary N) is 2. The van der Waals surface area contributed by atoms with Gasteiger partial charge in [0.2, 0.25) is 5.56 Å². The molecule has 0 atom stereocenters. The van der Waals surface area contributed by atoms with Gasteiger partial charge in [0.1, 0.15) is 11.7 Å². The molecule has 0 saturated heterocycles. The number of hydrogen-bond acceptors (Lipinski definition) is 7. The molecule has 4 rings (SSSR count). The summed E-state index contributed by atoms with van der Waals surface area (Å²) in [5.74, 6) is -0.356. The highest BCUT2D eigenvalue weighted by molar-refractivity contribution is 5.93. The van der Waals surface area contributed by atoms with Crippen molar-refractivity contribution in [1.82, 2.24) is 29.6 Å². The van der Waals surface area contributed by atoms with Gasteiger partial charge in [-0.1, -0.05) is 12.1 Å². The summed E-state index contributed by atoms with van der Waals surface area (Å²) in [6.45, 7) is 0.636. The lowest BCUT2D eigenvalue weighted by molar-refractivity contribution is -0.384. The summed E-state index contributed by atoms with van der Waals surface area (Å²) in [5.41, 5.74) is 0.596. The second-order valence-electron chi connectivity index (χ2n) is 6.91. The quantitative estimate of drug-likeness (QED) is 0.319. The summed E-state index contributed by atoms with van der Waals surface area (Å²) in [6, 6.07) is 8.72. The van der Waals surface area contributed by atoms with Gasteiger partial charge in [0.15, 0.2) is 5.65 Å². The van der Waals surface area contributed by atoms with Gasteiger partial charge in [-0.2, -0.15) is 5.10 Å². The molecule has 12 nitrogen and oxygen atoms in total. The van der Waals surface area contributed by atoms with Gasteiger partial charge in [-0.25, -0.2) is 9.67 Å². The molecular weight excluding hydrogens is 418 g/mol. The van der Waals surface area contributed by atoms with Crippen molar-refractivity contribution in [2.24, 2.45) is 0 Å². The molecule has 0 aliphatic heterocycles. The Hall–Kier alpha value is -4.61. The van der Waals surface area contributed by atoms with E-state index in [1.165, 1.54) is 52.2 Å². The highest BCUT2D eigenvalue weighted by atomic mass is 16.6. The number of fused-ring (bicyclic) bond motifs is 1. The van der Waals surface area contributed by atoms with Crippen LogP contribution in [0.25, 0.3) is 11.0 Å². The number of non-ortho nitro benzene ring substituents is 1. The van der Waals surface area contributed by atoms with Gasteiger partial charge in [0.25, 0.3) is 17.2 Å². The minimum atomic E-state index is -0.492. The third-order valence-electron chi connectivity index (χ3n) is 4.75. The fraction of sp³-hybridized carbons (Fsp3) is 0.150. The molecule has 32 heavy (non-hydrogen) atoms. The molecule has 162 valence electrons. The number of nitro benzene ring substituents is 1. The molecule has 2 N–H and O–H groups in total. The number of aromatic amines is 1. The van der Waals surface area contributed by atoms with Crippen molar-refractivity contribution in [3.63, 3.8) is 0 Å². The largest absolute Gasteiger partial charge is 0.350 e. The third-order valence-corrected chi connectivity index (χ3v) is 4.75. The topological polar surface area (TPSA) is 158 Å². The lowest BCUT2D eigenvalue weighted by atomic mass is 10.2. The molecule has 1 aromatic carbocycles. The van der Waals surface area contributed by atoms with E-state index in [4.69, 9.17) is 0 Å². The molecule has 3 heterocycles. The van der Waals surface area contributed by atoms with Crippen molar-refractivity contribution < 1.29 is 9.72 Å². The highest BCUT2D eigenvalue weighted by Gasteiger charge is 2.12. The van der Waals surface area contributed by atoms with Gasteiger partial charge in [0, 0.05) is 30.9 Å². The Balaban J connectivity index is 1.47. The Morgan fingerprint density at radius 3 is 2.81 bits per heavy atom. The van der Waals surface area contributed by atoms with E-state index in [1.807, 2.05) is 0 Å². The molecule has 4 aromatic rings. The van der Waals surface area contributed by atoms with E-state index >= 15 is 0 Å². The van der Waals surface area contributed by atoms with Crippen molar-refractivity contribution in [3.8, 4) is 0 Å². The molecule has 0 bridgehead atoms. The Morgan fingerprint density at radius 2 is 2.06 bits per heavy atom. The molecule has 0 radical (unpaired) electrons. The van der Waals surface area contributed by atoms with Gasteiger partial charge in [-0.3, -0.25) is 29.1 Å². The number of carbonyl (C=O) groups excluding carboxylic acids is 1. The Morgan fingerprint density at radius 1 is 1.22 bits per heavy atom. The number of H-pyrrole nitrogens is 1. The minimum Gasteiger partial charge on any atom is -0.350 e. The zero-order valence-electron chi connectivity index (χ0n) is 16.6. The van der Waals surface area contributed by atoms with Crippen LogP contribution >= 0.6 is 0 Å². The van der Waals surface area contributed by atoms with Crippen LogP contribution < -0.4 is 16.4 Å². The van der Waals surface area contributed by atoms with Crippen LogP contribution in [-0.2, 0) is 13.1 Å². The van der Waals surface area contributed by atoms with Gasteiger partial charge in [-0.15, -0.1) is 0 Å². The summed E-state index contributed by atoms with van der Waals surface area (Å²) >= 11 is 0. The van der Waals surface area contributed by atoms with Gasteiger partial charge in [-0.05, 0) is 11.6 Å². The first kappa shape index (κ1) is 20.7. The van der Waals surface area contributed by atoms with E-state index in [9.17, 15) is 24.5 Å². The van der Waals surface area contributed by atoms with E-state index in [2.05, 4.69) is 20.4 Å². The molecule has 0 unspecified atom stereocenters. The molecule has 0 aliphatic rings. The maximum Gasteiger partial charge on any atom is 0.269 e. The monoisotopic (exact) mass is 435 g/mol. The van der Waals surface area contributed by atoms with Gasteiger partial charge in [0.05, 0.1) is 29.8 Å². The summed E-state index contributed by atoms with van der Waals surface area (Å²) in [5, 5.41) is 18.1. The predicted molar refractivity (Wildman–Crippen MR) is 113 cm³/mol. The first-order valence-electron chi connectivity index (χ1n) is 9.53. The maximum atomic E-state index is 12.8. The van der Waals surface area contributed by atoms with Crippen LogP contribution in [0.4, 0.5) is 5.69 Å². The van der Waals surface area contributed by atoms with Crippen molar-refractivity contribution in [2.45, 2.75) is 13.1 Å². The molecule has 0 aliphatic carbocycles. The first-order chi connectivity index (χ1) is 15.4. The smallest absolute Gasteiger partial charge is 0.269 e. The van der Waals surface area contributed by atoms with Crippen molar-refractivity contribution in [2.75, 3.05) is 6.54 Å². The fourth-order valence-corrected chi connectivity index (χ4v) is 3.17. The SMILES string of the molecule is O=C(NCCn1ncc2c(=O)n(Cc3cccc([N+](=O)[O-])c3)cnc21)c1ccc(=O)[nH]c1. The van der Waals surface area contributed by atoms with Crippen LogP contribution in [0.1, 0.15) is 15.9 Å². The first-order valence-corrected chi connectivity index (χ1v) is 9.53. The van der Waals surface area contributed by atoms with E-state index in [0.717, 1.165) is 0 Å². The average molecular weight is 435 g/mol. The van der Waals surface area contributed by atoms with Crippen molar-refractivity contribution in [3.05, 3.63) is 97.1 Å². The molecular formula is C20H17N7O5.